The first-order valence-corrected chi connectivity index (χ1v) is 15.2. The summed E-state index contributed by atoms with van der Waals surface area (Å²) in [5, 5.41) is 0. The van der Waals surface area contributed by atoms with Crippen molar-refractivity contribution in [1.82, 2.24) is 0 Å². The fraction of sp³-hybridized carbons (Fsp3) is 0.543. The Balaban J connectivity index is 1.05. The Morgan fingerprint density at radius 2 is 1.42 bits per heavy atom. The average molecular weight is 593 g/mol. The second-order valence-corrected chi connectivity index (χ2v) is 13.0. The highest BCUT2D eigenvalue weighted by Gasteiger charge is 2.55. The molecule has 0 aliphatic carbocycles. The number of ether oxygens (including phenoxy) is 8. The second-order valence-electron chi connectivity index (χ2n) is 13.0. The van der Waals surface area contributed by atoms with Gasteiger partial charge in [-0.2, -0.15) is 0 Å². The van der Waals surface area contributed by atoms with Crippen LogP contribution in [0.2, 0.25) is 0 Å². The summed E-state index contributed by atoms with van der Waals surface area (Å²) in [5.41, 5.74) is 3.29. The molecule has 0 saturated carbocycles. The van der Waals surface area contributed by atoms with Crippen molar-refractivity contribution in [1.29, 1.82) is 0 Å². The second kappa shape index (κ2) is 12.2. The number of hydrogen-bond donors (Lipinski definition) is 0. The van der Waals surface area contributed by atoms with E-state index in [1.165, 1.54) is 0 Å². The Kier molecular flexibility index (Phi) is 8.67. The maximum atomic E-state index is 6.35. The van der Waals surface area contributed by atoms with Gasteiger partial charge in [0.1, 0.15) is 30.5 Å². The number of rotatable bonds is 9. The molecule has 2 aromatic carbocycles. The van der Waals surface area contributed by atoms with Gasteiger partial charge in [-0.1, -0.05) is 78.9 Å². The van der Waals surface area contributed by atoms with E-state index in [9.17, 15) is 0 Å². The van der Waals surface area contributed by atoms with Gasteiger partial charge in [-0.25, -0.2) is 0 Å². The monoisotopic (exact) mass is 592 g/mol. The lowest BCUT2D eigenvalue weighted by molar-refractivity contribution is -0.218. The first kappa shape index (κ1) is 30.6. The van der Waals surface area contributed by atoms with Gasteiger partial charge in [0.2, 0.25) is 0 Å². The molecule has 0 bridgehead atoms. The average Bonchev–Trinajstić information content (AvgIpc) is 3.66. The maximum absolute atomic E-state index is 6.35. The molecule has 0 aromatic heterocycles. The Labute approximate surface area is 254 Å². The molecule has 0 radical (unpaired) electrons. The van der Waals surface area contributed by atoms with Gasteiger partial charge in [-0.05, 0) is 64.7 Å². The third kappa shape index (κ3) is 7.47. The molecule has 6 rings (SSSR count). The minimum Gasteiger partial charge on any atom is -0.368 e. The van der Waals surface area contributed by atoms with Crippen LogP contribution in [0.5, 0.6) is 0 Å². The van der Waals surface area contributed by atoms with E-state index in [4.69, 9.17) is 37.9 Å². The molecule has 0 N–H and O–H groups in total. The van der Waals surface area contributed by atoms with E-state index >= 15 is 0 Å². The lowest BCUT2D eigenvalue weighted by Crippen LogP contribution is -2.37. The zero-order valence-corrected chi connectivity index (χ0v) is 25.9. The fourth-order valence-electron chi connectivity index (χ4n) is 6.10. The van der Waals surface area contributed by atoms with E-state index in [-0.39, 0.29) is 36.6 Å². The van der Waals surface area contributed by atoms with E-state index in [2.05, 4.69) is 54.6 Å². The maximum Gasteiger partial charge on any atom is 0.190 e. The summed E-state index contributed by atoms with van der Waals surface area (Å²) < 4.78 is 49.0. The molecule has 4 aliphatic rings. The third-order valence-corrected chi connectivity index (χ3v) is 8.03. The molecule has 4 heterocycles. The highest BCUT2D eigenvalue weighted by atomic mass is 16.8. The molecule has 8 nitrogen and oxygen atoms in total. The minimum absolute atomic E-state index is 0.168. The normalized spacial score (nSPS) is 34.4. The first-order valence-electron chi connectivity index (χ1n) is 15.2. The van der Waals surface area contributed by atoms with E-state index in [1.54, 1.807) is 0 Å². The predicted molar refractivity (Wildman–Crippen MR) is 162 cm³/mol. The SMILES string of the molecule is CC1(C)O[C@H]2O[C@H](C/C=C/c3ccc(/C=C/[C@H]4OC(C)(C)O[C@@H]4[C@H]4COC(C)(C)O4)cc3)[C@H](OCc3ccccc3)[C@H]2O1. The van der Waals surface area contributed by atoms with Crippen molar-refractivity contribution in [2.45, 2.75) is 115 Å². The first-order chi connectivity index (χ1) is 20.5. The smallest absolute Gasteiger partial charge is 0.190 e. The van der Waals surface area contributed by atoms with Crippen LogP contribution >= 0.6 is 0 Å². The van der Waals surface area contributed by atoms with Crippen molar-refractivity contribution in [2.75, 3.05) is 6.61 Å². The third-order valence-electron chi connectivity index (χ3n) is 8.03. The van der Waals surface area contributed by atoms with Gasteiger partial charge in [-0.15, -0.1) is 0 Å². The largest absolute Gasteiger partial charge is 0.368 e. The Morgan fingerprint density at radius 1 is 0.744 bits per heavy atom. The minimum atomic E-state index is -0.690. The van der Waals surface area contributed by atoms with Crippen LogP contribution in [0.25, 0.3) is 12.2 Å². The summed E-state index contributed by atoms with van der Waals surface area (Å²) in [7, 11) is 0. The lowest BCUT2D eigenvalue weighted by atomic mass is 10.0. The summed E-state index contributed by atoms with van der Waals surface area (Å²) in [5.74, 6) is -1.99. The van der Waals surface area contributed by atoms with Crippen molar-refractivity contribution in [3.8, 4) is 0 Å². The van der Waals surface area contributed by atoms with Crippen molar-refractivity contribution in [3.05, 3.63) is 83.4 Å². The van der Waals surface area contributed by atoms with Crippen LogP contribution in [0.1, 0.15) is 64.7 Å². The summed E-state index contributed by atoms with van der Waals surface area (Å²) in [4.78, 5) is 0. The van der Waals surface area contributed by atoms with Crippen LogP contribution in [-0.2, 0) is 44.5 Å². The molecule has 4 saturated heterocycles. The summed E-state index contributed by atoms with van der Waals surface area (Å²) in [6.45, 7) is 12.5. The Bertz CT molecular complexity index is 1280. The molecule has 2 aromatic rings. The molecule has 232 valence electrons. The summed E-state index contributed by atoms with van der Waals surface area (Å²) in [6, 6.07) is 18.5. The highest BCUT2D eigenvalue weighted by molar-refractivity contribution is 5.56. The van der Waals surface area contributed by atoms with Gasteiger partial charge < -0.3 is 37.9 Å². The van der Waals surface area contributed by atoms with Gasteiger partial charge in [0, 0.05) is 0 Å². The van der Waals surface area contributed by atoms with Gasteiger partial charge in [-0.3, -0.25) is 0 Å². The molecule has 4 aliphatic heterocycles. The van der Waals surface area contributed by atoms with Gasteiger partial charge in [0.05, 0.1) is 19.3 Å². The molecule has 0 unspecified atom stereocenters. The topological polar surface area (TPSA) is 73.8 Å². The lowest BCUT2D eigenvalue weighted by Gasteiger charge is -2.25. The van der Waals surface area contributed by atoms with Gasteiger partial charge in [0.25, 0.3) is 0 Å². The Morgan fingerprint density at radius 3 is 2.12 bits per heavy atom. The fourth-order valence-corrected chi connectivity index (χ4v) is 6.10. The molecule has 0 spiro atoms. The van der Waals surface area contributed by atoms with Gasteiger partial charge in [0.15, 0.2) is 23.7 Å². The van der Waals surface area contributed by atoms with Crippen LogP contribution in [0, 0.1) is 0 Å². The molecular formula is C35H44O8. The highest BCUT2D eigenvalue weighted by Crippen LogP contribution is 2.40. The standard InChI is InChI=1S/C35H44O8/c1-33(2)37-22-28(40-33)29-27(39-34(3,4)41-29)20-19-24-17-15-23(16-18-24)13-10-14-26-30(36-21-25-11-8-7-9-12-25)31-32(38-26)43-35(5,6)42-31/h7-13,15-20,26-32H,14,21-22H2,1-6H3/b13-10+,20-19+/t26-,27-,28-,29+,30+,31-,32-/m1/s1. The van der Waals surface area contributed by atoms with Crippen molar-refractivity contribution >= 4 is 12.2 Å². The Hall–Kier alpha value is -2.40. The summed E-state index contributed by atoms with van der Waals surface area (Å²) >= 11 is 0. The molecule has 8 heteroatoms. The van der Waals surface area contributed by atoms with Crippen molar-refractivity contribution in [3.63, 3.8) is 0 Å². The molecule has 7 atom stereocenters. The van der Waals surface area contributed by atoms with Crippen LogP contribution in [0.3, 0.4) is 0 Å². The van der Waals surface area contributed by atoms with E-state index < -0.39 is 23.7 Å². The van der Waals surface area contributed by atoms with Crippen LogP contribution in [-0.4, -0.2) is 66.9 Å². The van der Waals surface area contributed by atoms with Crippen LogP contribution in [0.4, 0.5) is 0 Å². The van der Waals surface area contributed by atoms with Crippen LogP contribution in [0.15, 0.2) is 66.7 Å². The number of fused-ring (bicyclic) bond motifs is 1. The zero-order chi connectivity index (χ0) is 30.2. The summed E-state index contributed by atoms with van der Waals surface area (Å²) in [6.07, 6.45) is 7.28. The van der Waals surface area contributed by atoms with Crippen molar-refractivity contribution < 1.29 is 37.9 Å². The van der Waals surface area contributed by atoms with Crippen molar-refractivity contribution in [2.24, 2.45) is 0 Å². The van der Waals surface area contributed by atoms with E-state index in [0.717, 1.165) is 16.7 Å². The quantitative estimate of drug-likeness (QED) is 0.339. The van der Waals surface area contributed by atoms with Crippen LogP contribution < -0.4 is 0 Å². The molecule has 43 heavy (non-hydrogen) atoms. The molecule has 0 amide bonds. The molecular weight excluding hydrogens is 548 g/mol. The van der Waals surface area contributed by atoms with E-state index in [1.807, 2.05) is 65.8 Å². The number of hydrogen-bond acceptors (Lipinski definition) is 8. The zero-order valence-electron chi connectivity index (χ0n) is 25.9. The van der Waals surface area contributed by atoms with Gasteiger partial charge >= 0.3 is 0 Å². The van der Waals surface area contributed by atoms with E-state index in [0.29, 0.717) is 19.6 Å². The molecule has 4 fully saturated rings. The predicted octanol–water partition coefficient (Wildman–Crippen LogP) is 6.24. The number of benzene rings is 2.